The van der Waals surface area contributed by atoms with Crippen molar-refractivity contribution in [1.82, 2.24) is 5.43 Å². The van der Waals surface area contributed by atoms with Crippen molar-refractivity contribution in [3.63, 3.8) is 0 Å². The zero-order valence-electron chi connectivity index (χ0n) is 17.8. The van der Waals surface area contributed by atoms with Crippen LogP contribution in [0, 0.1) is 0 Å². The molecule has 9 heteroatoms. The van der Waals surface area contributed by atoms with Gasteiger partial charge in [-0.3, -0.25) is 4.79 Å². The van der Waals surface area contributed by atoms with Gasteiger partial charge in [0.1, 0.15) is 6.61 Å². The van der Waals surface area contributed by atoms with Crippen LogP contribution < -0.4 is 14.9 Å². The van der Waals surface area contributed by atoms with Gasteiger partial charge in [0.2, 0.25) is 0 Å². The molecule has 0 heterocycles. The number of hydrazone groups is 1. The van der Waals surface area contributed by atoms with E-state index in [2.05, 4.69) is 26.5 Å². The normalized spacial score (nSPS) is 11.9. The molecule has 0 unspecified atom stereocenters. The first-order valence-corrected chi connectivity index (χ1v) is 12.3. The van der Waals surface area contributed by atoms with Gasteiger partial charge in [-0.25, -0.2) is 5.43 Å². The number of methoxy groups -OCH3 is 1. The van der Waals surface area contributed by atoms with Gasteiger partial charge in [0.05, 0.1) is 23.0 Å². The van der Waals surface area contributed by atoms with Crippen LogP contribution in [0.1, 0.15) is 18.1 Å². The van der Waals surface area contributed by atoms with E-state index >= 15 is 0 Å². The number of ether oxygens (including phenoxy) is 2. The number of hydrogen-bond donors (Lipinski definition) is 1. The molecule has 5 nitrogen and oxygen atoms in total. The molecule has 1 atom stereocenters. The third-order valence-corrected chi connectivity index (χ3v) is 6.79. The Kier molecular flexibility index (Phi) is 9.50. The van der Waals surface area contributed by atoms with E-state index in [0.29, 0.717) is 32.6 Å². The number of amides is 1. The molecule has 0 radical (unpaired) electrons. The predicted molar refractivity (Wildman–Crippen MR) is 139 cm³/mol. The van der Waals surface area contributed by atoms with Gasteiger partial charge in [0.25, 0.3) is 5.91 Å². The molecule has 0 fully saturated rings. The standard InChI is InChI=1S/C24H21BrCl2N2O3S/c1-15(33-19-9-7-18(26)8-10-19)24(30)29-28-13-16-11-20(25)23(22(12-16)31-2)32-14-17-5-3-4-6-21(17)27/h3-13,15H,14H2,1-2H3,(H,29,30)/b28-13-/t15-/m1/s1. The summed E-state index contributed by atoms with van der Waals surface area (Å²) in [5, 5.41) is 5.04. The van der Waals surface area contributed by atoms with E-state index in [1.807, 2.05) is 49.4 Å². The number of hydrogen-bond acceptors (Lipinski definition) is 5. The molecule has 1 amide bonds. The van der Waals surface area contributed by atoms with Crippen LogP contribution in [0.2, 0.25) is 10.0 Å². The number of rotatable bonds is 9. The Morgan fingerprint density at radius 1 is 1.18 bits per heavy atom. The molecule has 33 heavy (non-hydrogen) atoms. The highest BCUT2D eigenvalue weighted by Crippen LogP contribution is 2.37. The summed E-state index contributed by atoms with van der Waals surface area (Å²) in [4.78, 5) is 13.3. The first kappa shape index (κ1) is 25.4. The highest BCUT2D eigenvalue weighted by Gasteiger charge is 2.15. The van der Waals surface area contributed by atoms with Gasteiger partial charge >= 0.3 is 0 Å². The van der Waals surface area contributed by atoms with E-state index in [-0.39, 0.29) is 11.2 Å². The van der Waals surface area contributed by atoms with Crippen LogP contribution >= 0.6 is 50.9 Å². The number of nitrogens with one attached hydrogen (secondary N) is 1. The summed E-state index contributed by atoms with van der Waals surface area (Å²) in [6.45, 7) is 2.11. The van der Waals surface area contributed by atoms with E-state index in [0.717, 1.165) is 16.0 Å². The number of benzene rings is 3. The van der Waals surface area contributed by atoms with Crippen molar-refractivity contribution in [2.24, 2.45) is 5.10 Å². The smallest absolute Gasteiger partial charge is 0.253 e. The fourth-order valence-corrected chi connectivity index (χ4v) is 4.50. The van der Waals surface area contributed by atoms with Gasteiger partial charge in [-0.2, -0.15) is 5.10 Å². The number of thioether (sulfide) groups is 1. The summed E-state index contributed by atoms with van der Waals surface area (Å²) in [6.07, 6.45) is 1.54. The summed E-state index contributed by atoms with van der Waals surface area (Å²) < 4.78 is 12.1. The van der Waals surface area contributed by atoms with Crippen molar-refractivity contribution in [2.45, 2.75) is 23.7 Å². The molecule has 1 N–H and O–H groups in total. The van der Waals surface area contributed by atoms with Gasteiger partial charge < -0.3 is 9.47 Å². The van der Waals surface area contributed by atoms with Crippen molar-refractivity contribution >= 4 is 63.0 Å². The summed E-state index contributed by atoms with van der Waals surface area (Å²) in [5.74, 6) is 0.861. The summed E-state index contributed by atoms with van der Waals surface area (Å²) in [6, 6.07) is 18.4. The Bertz CT molecular complexity index is 1140. The van der Waals surface area contributed by atoms with Crippen LogP contribution in [-0.2, 0) is 11.4 Å². The number of carbonyl (C=O) groups is 1. The summed E-state index contributed by atoms with van der Waals surface area (Å²) in [5.41, 5.74) is 4.16. The number of nitrogens with zero attached hydrogens (tertiary/aromatic N) is 1. The molecule has 172 valence electrons. The van der Waals surface area contributed by atoms with Crippen LogP contribution in [0.5, 0.6) is 11.5 Å². The lowest BCUT2D eigenvalue weighted by molar-refractivity contribution is -0.120. The lowest BCUT2D eigenvalue weighted by Gasteiger charge is -2.14. The zero-order valence-corrected chi connectivity index (χ0v) is 21.8. The van der Waals surface area contributed by atoms with Gasteiger partial charge in [-0.05, 0) is 70.9 Å². The molecule has 0 aliphatic rings. The highest BCUT2D eigenvalue weighted by atomic mass is 79.9. The first-order valence-electron chi connectivity index (χ1n) is 9.86. The molecular weight excluding hydrogens is 547 g/mol. The molecule has 3 rings (SSSR count). The maximum absolute atomic E-state index is 12.4. The number of halogens is 3. The predicted octanol–water partition coefficient (Wildman–Crippen LogP) is 6.97. The molecule has 3 aromatic rings. The van der Waals surface area contributed by atoms with Crippen molar-refractivity contribution in [1.29, 1.82) is 0 Å². The van der Waals surface area contributed by atoms with Gasteiger partial charge in [-0.1, -0.05) is 41.4 Å². The molecular formula is C24H21BrCl2N2O3S. The second-order valence-electron chi connectivity index (χ2n) is 6.86. The maximum atomic E-state index is 12.4. The lowest BCUT2D eigenvalue weighted by atomic mass is 10.2. The fourth-order valence-electron chi connectivity index (χ4n) is 2.75. The van der Waals surface area contributed by atoms with Gasteiger partial charge in [0.15, 0.2) is 11.5 Å². The summed E-state index contributed by atoms with van der Waals surface area (Å²) >= 11 is 17.0. The molecule has 3 aromatic carbocycles. The van der Waals surface area contributed by atoms with E-state index in [4.69, 9.17) is 32.7 Å². The molecule has 0 saturated heterocycles. The highest BCUT2D eigenvalue weighted by molar-refractivity contribution is 9.10. The Labute approximate surface area is 215 Å². The van der Waals surface area contributed by atoms with Crippen LogP contribution in [0.25, 0.3) is 0 Å². The topological polar surface area (TPSA) is 59.9 Å². The van der Waals surface area contributed by atoms with Crippen molar-refractivity contribution < 1.29 is 14.3 Å². The lowest BCUT2D eigenvalue weighted by Crippen LogP contribution is -2.26. The Morgan fingerprint density at radius 2 is 1.91 bits per heavy atom. The van der Waals surface area contributed by atoms with E-state index in [1.165, 1.54) is 11.8 Å². The number of carbonyl (C=O) groups excluding carboxylic acids is 1. The average molecular weight is 568 g/mol. The maximum Gasteiger partial charge on any atom is 0.253 e. The Morgan fingerprint density at radius 3 is 2.61 bits per heavy atom. The second-order valence-corrected chi connectivity index (χ2v) is 9.97. The third-order valence-electron chi connectivity index (χ3n) is 4.47. The van der Waals surface area contributed by atoms with Crippen LogP contribution in [0.3, 0.4) is 0 Å². The minimum Gasteiger partial charge on any atom is -0.493 e. The van der Waals surface area contributed by atoms with Crippen LogP contribution in [0.15, 0.2) is 75.1 Å². The monoisotopic (exact) mass is 566 g/mol. The first-order chi connectivity index (χ1) is 15.9. The third kappa shape index (κ3) is 7.40. The van der Waals surface area contributed by atoms with Crippen molar-refractivity contribution in [3.8, 4) is 11.5 Å². The molecule has 0 spiro atoms. The van der Waals surface area contributed by atoms with E-state index in [9.17, 15) is 4.79 Å². The van der Waals surface area contributed by atoms with Crippen molar-refractivity contribution in [3.05, 3.63) is 86.3 Å². The molecule has 0 bridgehead atoms. The minimum atomic E-state index is -0.329. The largest absolute Gasteiger partial charge is 0.493 e. The Hall–Kier alpha value is -2.19. The average Bonchev–Trinajstić information content (AvgIpc) is 2.80. The van der Waals surface area contributed by atoms with Gasteiger partial charge in [0, 0.05) is 20.5 Å². The fraction of sp³-hybridized carbons (Fsp3) is 0.167. The molecule has 0 saturated carbocycles. The van der Waals surface area contributed by atoms with Crippen LogP contribution in [0.4, 0.5) is 0 Å². The van der Waals surface area contributed by atoms with E-state index in [1.54, 1.807) is 31.5 Å². The second kappa shape index (κ2) is 12.3. The summed E-state index contributed by atoms with van der Waals surface area (Å²) in [7, 11) is 1.56. The molecule has 0 aromatic heterocycles. The van der Waals surface area contributed by atoms with Crippen molar-refractivity contribution in [2.75, 3.05) is 7.11 Å². The minimum absolute atomic E-state index is 0.211. The van der Waals surface area contributed by atoms with Crippen LogP contribution in [-0.4, -0.2) is 24.5 Å². The van der Waals surface area contributed by atoms with E-state index < -0.39 is 0 Å². The SMILES string of the molecule is COc1cc(/C=N\NC(=O)[C@@H](C)Sc2ccc(Cl)cc2)cc(Br)c1OCc1ccccc1Cl. The zero-order chi connectivity index (χ0) is 23.8. The van der Waals surface area contributed by atoms with Gasteiger partial charge in [-0.15, -0.1) is 11.8 Å². The molecule has 0 aliphatic heterocycles. The quantitative estimate of drug-likeness (QED) is 0.172. The Balaban J connectivity index is 1.62. The molecule has 0 aliphatic carbocycles.